The summed E-state index contributed by atoms with van der Waals surface area (Å²) in [7, 11) is -1.72. The molecule has 13 heteroatoms. The van der Waals surface area contributed by atoms with Gasteiger partial charge in [0, 0.05) is 37.7 Å². The Balaban J connectivity index is 1.77. The van der Waals surface area contributed by atoms with Gasteiger partial charge in [-0.2, -0.15) is 13.2 Å². The van der Waals surface area contributed by atoms with E-state index in [2.05, 4.69) is 15.3 Å². The molecule has 2 heterocycles. The first kappa shape index (κ1) is 26.4. The molecule has 1 aliphatic rings. The van der Waals surface area contributed by atoms with E-state index in [1.807, 2.05) is 11.9 Å². The number of likely N-dealkylation sites (N-methyl/N-ethyl adjacent to an activating group) is 1. The van der Waals surface area contributed by atoms with Crippen LogP contribution >= 0.6 is 11.6 Å². The maximum Gasteiger partial charge on any atom is 0.416 e. The summed E-state index contributed by atoms with van der Waals surface area (Å²) >= 11 is 6.02. The van der Waals surface area contributed by atoms with Gasteiger partial charge in [-0.1, -0.05) is 18.5 Å². The fourth-order valence-corrected chi connectivity index (χ4v) is 5.28. The lowest BCUT2D eigenvalue weighted by Crippen LogP contribution is -2.44. The third-order valence-corrected chi connectivity index (χ3v) is 8.20. The SMILES string of the molecule is CCS(=O)(=O)c1ccc(Cl)cc1Nn1cnc2cc(CN3CCN(C)CC3)c(C(F)(F)F)cc2c1=O. The molecule has 1 saturated heterocycles. The third-order valence-electron chi connectivity index (χ3n) is 6.18. The van der Waals surface area contributed by atoms with Crippen molar-refractivity contribution < 1.29 is 21.6 Å². The first-order valence-corrected chi connectivity index (χ1v) is 13.2. The number of aromatic nitrogens is 2. The van der Waals surface area contributed by atoms with Gasteiger partial charge in [0.15, 0.2) is 9.84 Å². The first-order chi connectivity index (χ1) is 16.9. The van der Waals surface area contributed by atoms with Crippen molar-refractivity contribution in [2.24, 2.45) is 0 Å². The number of rotatable bonds is 6. The minimum absolute atomic E-state index is 0.00957. The Morgan fingerprint density at radius 2 is 1.81 bits per heavy atom. The maximum atomic E-state index is 14.0. The van der Waals surface area contributed by atoms with Crippen molar-refractivity contribution in [3.8, 4) is 0 Å². The van der Waals surface area contributed by atoms with Crippen LogP contribution < -0.4 is 11.0 Å². The summed E-state index contributed by atoms with van der Waals surface area (Å²) < 4.78 is 67.8. The summed E-state index contributed by atoms with van der Waals surface area (Å²) in [5.41, 5.74) is 1.10. The number of nitrogens with one attached hydrogen (secondary N) is 1. The second-order valence-corrected chi connectivity index (χ2v) is 11.4. The third kappa shape index (κ3) is 5.51. The molecule has 0 amide bonds. The van der Waals surface area contributed by atoms with Crippen LogP contribution in [0.4, 0.5) is 18.9 Å². The van der Waals surface area contributed by atoms with E-state index in [1.54, 1.807) is 0 Å². The predicted octanol–water partition coefficient (Wildman–Crippen LogP) is 3.48. The van der Waals surface area contributed by atoms with E-state index in [9.17, 15) is 26.4 Å². The van der Waals surface area contributed by atoms with Gasteiger partial charge in [-0.15, -0.1) is 0 Å². The van der Waals surface area contributed by atoms with Crippen molar-refractivity contribution in [1.29, 1.82) is 0 Å². The molecule has 4 rings (SSSR count). The van der Waals surface area contributed by atoms with Crippen LogP contribution in [-0.2, 0) is 22.6 Å². The number of piperazine rings is 1. The molecule has 36 heavy (non-hydrogen) atoms. The second-order valence-electron chi connectivity index (χ2n) is 8.68. The Morgan fingerprint density at radius 3 is 2.44 bits per heavy atom. The number of sulfone groups is 1. The molecule has 3 aromatic rings. The van der Waals surface area contributed by atoms with E-state index in [4.69, 9.17) is 11.6 Å². The van der Waals surface area contributed by atoms with Crippen molar-refractivity contribution in [3.63, 3.8) is 0 Å². The van der Waals surface area contributed by atoms with Gasteiger partial charge in [-0.25, -0.2) is 18.1 Å². The predicted molar refractivity (Wildman–Crippen MR) is 132 cm³/mol. The van der Waals surface area contributed by atoms with Gasteiger partial charge in [-0.3, -0.25) is 15.1 Å². The number of alkyl halides is 3. The zero-order chi connectivity index (χ0) is 26.3. The monoisotopic (exact) mass is 543 g/mol. The van der Waals surface area contributed by atoms with Gasteiger partial charge in [0.2, 0.25) is 0 Å². The van der Waals surface area contributed by atoms with Crippen molar-refractivity contribution in [2.45, 2.75) is 24.5 Å². The lowest BCUT2D eigenvalue weighted by molar-refractivity contribution is -0.138. The Hall–Kier alpha value is -2.67. The van der Waals surface area contributed by atoms with Crippen LogP contribution in [0.15, 0.2) is 46.3 Å². The van der Waals surface area contributed by atoms with Crippen molar-refractivity contribution >= 4 is 38.0 Å². The standard InChI is InChI=1S/C23H25ClF3N5O3S/c1-3-36(34,35)21-5-4-16(24)11-20(21)29-32-14-28-19-10-15(13-31-8-6-30(2)7-9-31)18(23(25,26)27)12-17(19)22(32)33/h4-5,10-12,14,29H,3,6-9,13H2,1-2H3. The number of hydrogen-bond acceptors (Lipinski definition) is 7. The summed E-state index contributed by atoms with van der Waals surface area (Å²) in [6.07, 6.45) is -3.56. The van der Waals surface area contributed by atoms with E-state index in [-0.39, 0.29) is 44.4 Å². The Kier molecular flexibility index (Phi) is 7.33. The number of hydrogen-bond donors (Lipinski definition) is 1. The quantitative estimate of drug-likeness (QED) is 0.509. The van der Waals surface area contributed by atoms with Gasteiger partial charge in [-0.05, 0) is 42.9 Å². The topological polar surface area (TPSA) is 87.5 Å². The van der Waals surface area contributed by atoms with Crippen LogP contribution in [0.3, 0.4) is 0 Å². The number of anilines is 1. The Bertz CT molecular complexity index is 1450. The number of nitrogens with zero attached hydrogens (tertiary/aromatic N) is 4. The molecule has 0 spiro atoms. The molecule has 0 aliphatic carbocycles. The van der Waals surface area contributed by atoms with Gasteiger partial charge < -0.3 is 4.90 Å². The van der Waals surface area contributed by atoms with E-state index in [1.165, 1.54) is 31.2 Å². The average Bonchev–Trinajstić information content (AvgIpc) is 2.81. The van der Waals surface area contributed by atoms with Crippen LogP contribution in [-0.4, -0.2) is 66.9 Å². The molecule has 194 valence electrons. The summed E-state index contributed by atoms with van der Waals surface area (Å²) in [6.45, 7) is 4.32. The molecule has 0 saturated carbocycles. The molecule has 0 atom stereocenters. The zero-order valence-corrected chi connectivity index (χ0v) is 21.2. The van der Waals surface area contributed by atoms with Crippen LogP contribution in [0.25, 0.3) is 10.9 Å². The van der Waals surface area contributed by atoms with Crippen LogP contribution in [0.5, 0.6) is 0 Å². The molecule has 1 N–H and O–H groups in total. The Labute approximate surface area is 211 Å². The van der Waals surface area contributed by atoms with Crippen LogP contribution in [0.1, 0.15) is 18.1 Å². The van der Waals surface area contributed by atoms with Gasteiger partial charge in [0.1, 0.15) is 6.33 Å². The molecule has 2 aromatic carbocycles. The summed E-state index contributed by atoms with van der Waals surface area (Å²) in [5, 5.41) is -0.0383. The fraction of sp³-hybridized carbons (Fsp3) is 0.391. The Morgan fingerprint density at radius 1 is 1.11 bits per heavy atom. The molecule has 1 aliphatic heterocycles. The molecule has 0 bridgehead atoms. The molecule has 0 radical (unpaired) electrons. The lowest BCUT2D eigenvalue weighted by atomic mass is 10.0. The van der Waals surface area contributed by atoms with E-state index >= 15 is 0 Å². The highest BCUT2D eigenvalue weighted by molar-refractivity contribution is 7.91. The number of benzene rings is 2. The molecular formula is C23H25ClF3N5O3S. The normalized spacial score (nSPS) is 15.9. The smallest absolute Gasteiger partial charge is 0.304 e. The highest BCUT2D eigenvalue weighted by atomic mass is 35.5. The van der Waals surface area contributed by atoms with E-state index in [0.717, 1.165) is 30.2 Å². The number of fused-ring (bicyclic) bond motifs is 1. The highest BCUT2D eigenvalue weighted by Gasteiger charge is 2.35. The summed E-state index contributed by atoms with van der Waals surface area (Å²) in [5.74, 6) is -0.195. The number of halogens is 4. The molecule has 1 aromatic heterocycles. The second kappa shape index (κ2) is 10.0. The van der Waals surface area contributed by atoms with Gasteiger partial charge >= 0.3 is 6.18 Å². The molecule has 0 unspecified atom stereocenters. The lowest BCUT2D eigenvalue weighted by Gasteiger charge is -2.33. The molecule has 1 fully saturated rings. The minimum atomic E-state index is -4.67. The summed E-state index contributed by atoms with van der Waals surface area (Å²) in [4.78, 5) is 21.3. The highest BCUT2D eigenvalue weighted by Crippen LogP contribution is 2.34. The largest absolute Gasteiger partial charge is 0.416 e. The molecule has 8 nitrogen and oxygen atoms in total. The van der Waals surface area contributed by atoms with Crippen molar-refractivity contribution in [2.75, 3.05) is 44.4 Å². The van der Waals surface area contributed by atoms with Gasteiger partial charge in [0.25, 0.3) is 5.56 Å². The zero-order valence-electron chi connectivity index (χ0n) is 19.6. The van der Waals surface area contributed by atoms with Crippen molar-refractivity contribution in [3.05, 3.63) is 63.2 Å². The van der Waals surface area contributed by atoms with Crippen molar-refractivity contribution in [1.82, 2.24) is 19.5 Å². The first-order valence-electron chi connectivity index (χ1n) is 11.2. The van der Waals surface area contributed by atoms with E-state index in [0.29, 0.717) is 13.1 Å². The summed E-state index contributed by atoms with van der Waals surface area (Å²) in [6, 6.07) is 6.13. The van der Waals surface area contributed by atoms with Crippen LogP contribution in [0, 0.1) is 0 Å². The van der Waals surface area contributed by atoms with E-state index < -0.39 is 27.1 Å². The average molecular weight is 544 g/mol. The minimum Gasteiger partial charge on any atom is -0.304 e. The maximum absolute atomic E-state index is 14.0. The van der Waals surface area contributed by atoms with Gasteiger partial charge in [0.05, 0.1) is 32.8 Å². The fourth-order valence-electron chi connectivity index (χ4n) is 4.08. The molecular weight excluding hydrogens is 519 g/mol. The van der Waals surface area contributed by atoms with Crippen LogP contribution in [0.2, 0.25) is 5.02 Å².